The van der Waals surface area contributed by atoms with Crippen LogP contribution in [0, 0.1) is 17.8 Å². The molecule has 2 atom stereocenters. The average molecular weight is 195 g/mol. The van der Waals surface area contributed by atoms with Gasteiger partial charge in [-0.2, -0.15) is 0 Å². The van der Waals surface area contributed by atoms with Crippen molar-refractivity contribution in [2.45, 2.75) is 39.5 Å². The van der Waals surface area contributed by atoms with E-state index in [9.17, 15) is 0 Å². The largest absolute Gasteiger partial charge is 0.316 e. The Balaban J connectivity index is 2.23. The molecule has 0 radical (unpaired) electrons. The minimum atomic E-state index is 0.697. The van der Waals surface area contributed by atoms with E-state index in [2.05, 4.69) is 31.8 Å². The molecule has 0 aliphatic carbocycles. The van der Waals surface area contributed by atoms with Gasteiger partial charge in [-0.3, -0.25) is 0 Å². The summed E-state index contributed by atoms with van der Waals surface area (Å²) in [6.45, 7) is 10.9. The lowest BCUT2D eigenvalue weighted by Gasteiger charge is -2.35. The molecule has 1 heteroatoms. The fourth-order valence-electron chi connectivity index (χ4n) is 2.23. The van der Waals surface area contributed by atoms with Crippen LogP contribution in [-0.2, 0) is 0 Å². The van der Waals surface area contributed by atoms with E-state index in [1.165, 1.54) is 38.8 Å². The SMILES string of the molecule is C=CC(C)CCC(CCC)C1CNC1. The maximum atomic E-state index is 3.85. The third kappa shape index (κ3) is 3.45. The first-order chi connectivity index (χ1) is 6.77. The first-order valence-electron chi connectivity index (χ1n) is 6.11. The molecule has 1 aliphatic rings. The summed E-state index contributed by atoms with van der Waals surface area (Å²) in [5, 5.41) is 3.38. The smallest absolute Gasteiger partial charge is 0.000559 e. The molecule has 0 saturated carbocycles. The zero-order valence-electron chi connectivity index (χ0n) is 9.76. The van der Waals surface area contributed by atoms with E-state index in [-0.39, 0.29) is 0 Å². The Morgan fingerprint density at radius 1 is 1.36 bits per heavy atom. The van der Waals surface area contributed by atoms with Gasteiger partial charge in [-0.05, 0) is 43.7 Å². The van der Waals surface area contributed by atoms with Crippen molar-refractivity contribution in [2.24, 2.45) is 17.8 Å². The summed E-state index contributed by atoms with van der Waals surface area (Å²) in [6.07, 6.45) is 7.56. The van der Waals surface area contributed by atoms with Gasteiger partial charge in [0.25, 0.3) is 0 Å². The van der Waals surface area contributed by atoms with E-state index in [1.54, 1.807) is 0 Å². The average Bonchev–Trinajstić information content (AvgIpc) is 2.11. The van der Waals surface area contributed by atoms with Crippen LogP contribution in [0.1, 0.15) is 39.5 Å². The van der Waals surface area contributed by atoms with Gasteiger partial charge >= 0.3 is 0 Å². The highest BCUT2D eigenvalue weighted by Gasteiger charge is 2.25. The van der Waals surface area contributed by atoms with Crippen molar-refractivity contribution in [1.29, 1.82) is 0 Å². The molecule has 2 unspecified atom stereocenters. The zero-order chi connectivity index (χ0) is 10.4. The number of hydrogen-bond acceptors (Lipinski definition) is 1. The fraction of sp³-hybridized carbons (Fsp3) is 0.846. The molecule has 1 nitrogen and oxygen atoms in total. The summed E-state index contributed by atoms with van der Waals surface area (Å²) in [4.78, 5) is 0. The van der Waals surface area contributed by atoms with Crippen molar-refractivity contribution in [3.63, 3.8) is 0 Å². The van der Waals surface area contributed by atoms with Crippen LogP contribution < -0.4 is 5.32 Å². The van der Waals surface area contributed by atoms with E-state index in [4.69, 9.17) is 0 Å². The van der Waals surface area contributed by atoms with Gasteiger partial charge in [-0.1, -0.05) is 32.8 Å². The molecule has 0 aromatic heterocycles. The van der Waals surface area contributed by atoms with Gasteiger partial charge in [0, 0.05) is 0 Å². The molecule has 0 amide bonds. The predicted octanol–water partition coefficient (Wildman–Crippen LogP) is 3.22. The molecule has 1 saturated heterocycles. The molecule has 0 aromatic rings. The zero-order valence-corrected chi connectivity index (χ0v) is 9.76. The molecule has 0 aromatic carbocycles. The van der Waals surface area contributed by atoms with E-state index >= 15 is 0 Å². The second kappa shape index (κ2) is 6.23. The predicted molar refractivity (Wildman–Crippen MR) is 63.4 cm³/mol. The quantitative estimate of drug-likeness (QED) is 0.615. The maximum Gasteiger partial charge on any atom is -0.000559 e. The highest BCUT2D eigenvalue weighted by atomic mass is 14.9. The third-order valence-electron chi connectivity index (χ3n) is 3.53. The van der Waals surface area contributed by atoms with Crippen molar-refractivity contribution in [3.8, 4) is 0 Å². The van der Waals surface area contributed by atoms with Crippen molar-refractivity contribution in [2.75, 3.05) is 13.1 Å². The van der Waals surface area contributed by atoms with Crippen molar-refractivity contribution >= 4 is 0 Å². The lowest BCUT2D eigenvalue weighted by molar-refractivity contribution is 0.202. The third-order valence-corrected chi connectivity index (χ3v) is 3.53. The lowest BCUT2D eigenvalue weighted by Crippen LogP contribution is -2.46. The fourth-order valence-corrected chi connectivity index (χ4v) is 2.23. The second-order valence-corrected chi connectivity index (χ2v) is 4.76. The van der Waals surface area contributed by atoms with Gasteiger partial charge in [-0.25, -0.2) is 0 Å². The highest BCUT2D eigenvalue weighted by molar-refractivity contribution is 4.83. The Labute approximate surface area is 89.0 Å². The number of hydrogen-bond donors (Lipinski definition) is 1. The first-order valence-corrected chi connectivity index (χ1v) is 6.11. The van der Waals surface area contributed by atoms with E-state index in [0.717, 1.165) is 11.8 Å². The Morgan fingerprint density at radius 3 is 2.50 bits per heavy atom. The summed E-state index contributed by atoms with van der Waals surface area (Å²) in [7, 11) is 0. The molecule has 1 heterocycles. The lowest BCUT2D eigenvalue weighted by atomic mass is 9.80. The van der Waals surface area contributed by atoms with Gasteiger partial charge in [-0.15, -0.1) is 6.58 Å². The second-order valence-electron chi connectivity index (χ2n) is 4.76. The summed E-state index contributed by atoms with van der Waals surface area (Å²) < 4.78 is 0. The van der Waals surface area contributed by atoms with Crippen LogP contribution in [0.3, 0.4) is 0 Å². The normalized spacial score (nSPS) is 21.3. The summed E-state index contributed by atoms with van der Waals surface area (Å²) in [5.41, 5.74) is 0. The monoisotopic (exact) mass is 195 g/mol. The molecule has 0 bridgehead atoms. The molecule has 1 rings (SSSR count). The van der Waals surface area contributed by atoms with E-state index < -0.39 is 0 Å². The van der Waals surface area contributed by atoms with Crippen LogP contribution in [0.2, 0.25) is 0 Å². The maximum absolute atomic E-state index is 3.85. The molecule has 1 fully saturated rings. The Bertz CT molecular complexity index is 161. The summed E-state index contributed by atoms with van der Waals surface area (Å²) in [5.74, 6) is 2.62. The summed E-state index contributed by atoms with van der Waals surface area (Å²) in [6, 6.07) is 0. The number of nitrogens with one attached hydrogen (secondary N) is 1. The van der Waals surface area contributed by atoms with E-state index in [1.807, 2.05) is 0 Å². The van der Waals surface area contributed by atoms with Gasteiger partial charge < -0.3 is 5.32 Å². The molecular formula is C13H25N. The Kier molecular flexibility index (Phi) is 5.24. The van der Waals surface area contributed by atoms with Gasteiger partial charge in [0.05, 0.1) is 0 Å². The topological polar surface area (TPSA) is 12.0 Å². The van der Waals surface area contributed by atoms with Crippen LogP contribution in [0.5, 0.6) is 0 Å². The minimum absolute atomic E-state index is 0.697. The Hall–Kier alpha value is -0.300. The van der Waals surface area contributed by atoms with Crippen LogP contribution >= 0.6 is 0 Å². The van der Waals surface area contributed by atoms with Gasteiger partial charge in [0.1, 0.15) is 0 Å². The van der Waals surface area contributed by atoms with Crippen LogP contribution in [0.15, 0.2) is 12.7 Å². The summed E-state index contributed by atoms with van der Waals surface area (Å²) >= 11 is 0. The molecular weight excluding hydrogens is 170 g/mol. The standard InChI is InChI=1S/C13H25N/c1-4-6-12(13-9-14-10-13)8-7-11(3)5-2/h5,11-14H,2,4,6-10H2,1,3H3. The molecule has 1 aliphatic heterocycles. The first kappa shape index (κ1) is 11.8. The van der Waals surface area contributed by atoms with Crippen LogP contribution in [-0.4, -0.2) is 13.1 Å². The molecule has 82 valence electrons. The molecule has 1 N–H and O–H groups in total. The van der Waals surface area contributed by atoms with E-state index in [0.29, 0.717) is 5.92 Å². The van der Waals surface area contributed by atoms with Crippen molar-refractivity contribution < 1.29 is 0 Å². The van der Waals surface area contributed by atoms with Gasteiger partial charge in [0.2, 0.25) is 0 Å². The van der Waals surface area contributed by atoms with Crippen molar-refractivity contribution in [3.05, 3.63) is 12.7 Å². The Morgan fingerprint density at radius 2 is 2.07 bits per heavy atom. The number of rotatable bonds is 7. The van der Waals surface area contributed by atoms with Gasteiger partial charge in [0.15, 0.2) is 0 Å². The molecule has 14 heavy (non-hydrogen) atoms. The van der Waals surface area contributed by atoms with Crippen LogP contribution in [0.4, 0.5) is 0 Å². The molecule has 0 spiro atoms. The minimum Gasteiger partial charge on any atom is -0.316 e. The van der Waals surface area contributed by atoms with Crippen LogP contribution in [0.25, 0.3) is 0 Å². The highest BCUT2D eigenvalue weighted by Crippen LogP contribution is 2.27. The number of allylic oxidation sites excluding steroid dienone is 1. The van der Waals surface area contributed by atoms with Crippen molar-refractivity contribution in [1.82, 2.24) is 5.32 Å².